The Kier molecular flexibility index (Phi) is 3.16. The molecule has 1 aliphatic heterocycles. The summed E-state index contributed by atoms with van der Waals surface area (Å²) in [7, 11) is 0. The summed E-state index contributed by atoms with van der Waals surface area (Å²) in [6.45, 7) is 4.39. The fourth-order valence-corrected chi connectivity index (χ4v) is 2.86. The molecule has 1 saturated heterocycles. The van der Waals surface area contributed by atoms with Crippen LogP contribution in [0.2, 0.25) is 0 Å². The molecular formula is C17H20N2. The van der Waals surface area contributed by atoms with E-state index in [-0.39, 0.29) is 0 Å². The molecule has 1 unspecified atom stereocenters. The van der Waals surface area contributed by atoms with E-state index < -0.39 is 0 Å². The van der Waals surface area contributed by atoms with Crippen molar-refractivity contribution in [3.63, 3.8) is 0 Å². The van der Waals surface area contributed by atoms with Gasteiger partial charge in [0.25, 0.3) is 0 Å². The fraction of sp³-hybridized carbons (Fsp3) is 0.294. The standard InChI is InChI=1S/C17H20N2/c1-13-3-2-4-17(11-13)19-10-9-15(12-19)14-5-7-16(18)8-6-14/h2-8,11,15H,9-10,12,18H2,1H3. The molecule has 0 aliphatic carbocycles. The number of benzene rings is 2. The van der Waals surface area contributed by atoms with Gasteiger partial charge in [-0.25, -0.2) is 0 Å². The second kappa shape index (κ2) is 4.96. The first kappa shape index (κ1) is 12.1. The van der Waals surface area contributed by atoms with E-state index in [4.69, 9.17) is 5.73 Å². The monoisotopic (exact) mass is 252 g/mol. The topological polar surface area (TPSA) is 29.3 Å². The minimum absolute atomic E-state index is 0.626. The van der Waals surface area contributed by atoms with Crippen molar-refractivity contribution in [1.82, 2.24) is 0 Å². The van der Waals surface area contributed by atoms with Gasteiger partial charge in [0.15, 0.2) is 0 Å². The zero-order valence-corrected chi connectivity index (χ0v) is 11.3. The zero-order chi connectivity index (χ0) is 13.2. The molecule has 2 N–H and O–H groups in total. The SMILES string of the molecule is Cc1cccc(N2CCC(c3ccc(N)cc3)C2)c1. The Bertz CT molecular complexity index is 560. The smallest absolute Gasteiger partial charge is 0.0369 e. The van der Waals surface area contributed by atoms with Crippen LogP contribution in [0.25, 0.3) is 0 Å². The Labute approximate surface area is 114 Å². The van der Waals surface area contributed by atoms with E-state index in [0.717, 1.165) is 18.8 Å². The van der Waals surface area contributed by atoms with E-state index in [2.05, 4.69) is 48.2 Å². The van der Waals surface area contributed by atoms with E-state index >= 15 is 0 Å². The third-order valence-corrected chi connectivity index (χ3v) is 3.96. The lowest BCUT2D eigenvalue weighted by Crippen LogP contribution is -2.19. The number of nitrogen functional groups attached to an aromatic ring is 1. The quantitative estimate of drug-likeness (QED) is 0.828. The number of nitrogens with zero attached hydrogens (tertiary/aromatic N) is 1. The van der Waals surface area contributed by atoms with Gasteiger partial charge in [0.1, 0.15) is 0 Å². The third kappa shape index (κ3) is 2.58. The van der Waals surface area contributed by atoms with Gasteiger partial charge in [0, 0.05) is 30.4 Å². The predicted octanol–water partition coefficient (Wildman–Crippen LogP) is 3.57. The minimum Gasteiger partial charge on any atom is -0.399 e. The first-order chi connectivity index (χ1) is 9.22. The molecule has 0 saturated carbocycles. The number of rotatable bonds is 2. The van der Waals surface area contributed by atoms with Crippen LogP contribution < -0.4 is 10.6 Å². The first-order valence-corrected chi connectivity index (χ1v) is 6.89. The third-order valence-electron chi connectivity index (χ3n) is 3.96. The van der Waals surface area contributed by atoms with E-state index in [1.165, 1.54) is 23.2 Å². The van der Waals surface area contributed by atoms with Gasteiger partial charge in [-0.3, -0.25) is 0 Å². The Morgan fingerprint density at radius 3 is 2.63 bits per heavy atom. The van der Waals surface area contributed by atoms with Gasteiger partial charge >= 0.3 is 0 Å². The summed E-state index contributed by atoms with van der Waals surface area (Å²) in [5.74, 6) is 0.626. The van der Waals surface area contributed by atoms with Crippen LogP contribution in [0.5, 0.6) is 0 Å². The highest BCUT2D eigenvalue weighted by atomic mass is 15.1. The van der Waals surface area contributed by atoms with Crippen LogP contribution in [0, 0.1) is 6.92 Å². The van der Waals surface area contributed by atoms with Crippen LogP contribution in [0.15, 0.2) is 48.5 Å². The molecular weight excluding hydrogens is 232 g/mol. The Morgan fingerprint density at radius 1 is 1.11 bits per heavy atom. The number of nitrogens with two attached hydrogens (primary N) is 1. The summed E-state index contributed by atoms with van der Waals surface area (Å²) >= 11 is 0. The highest BCUT2D eigenvalue weighted by molar-refractivity contribution is 5.50. The molecule has 2 nitrogen and oxygen atoms in total. The molecule has 1 fully saturated rings. The van der Waals surface area contributed by atoms with Gasteiger partial charge in [0.2, 0.25) is 0 Å². The first-order valence-electron chi connectivity index (χ1n) is 6.89. The average molecular weight is 252 g/mol. The van der Waals surface area contributed by atoms with Gasteiger partial charge in [-0.2, -0.15) is 0 Å². The molecule has 2 heteroatoms. The molecule has 3 rings (SSSR count). The maximum absolute atomic E-state index is 5.75. The molecule has 19 heavy (non-hydrogen) atoms. The molecule has 1 heterocycles. The van der Waals surface area contributed by atoms with Crippen molar-refractivity contribution in [2.75, 3.05) is 23.7 Å². The highest BCUT2D eigenvalue weighted by Crippen LogP contribution is 2.31. The van der Waals surface area contributed by atoms with Gasteiger partial charge < -0.3 is 10.6 Å². The van der Waals surface area contributed by atoms with E-state index in [1.54, 1.807) is 0 Å². The fourth-order valence-electron chi connectivity index (χ4n) is 2.86. The van der Waals surface area contributed by atoms with Crippen molar-refractivity contribution in [2.24, 2.45) is 0 Å². The lowest BCUT2D eigenvalue weighted by atomic mass is 9.98. The minimum atomic E-state index is 0.626. The van der Waals surface area contributed by atoms with Crippen LogP contribution in [0.1, 0.15) is 23.5 Å². The van der Waals surface area contributed by atoms with E-state index in [0.29, 0.717) is 5.92 Å². The van der Waals surface area contributed by atoms with Gasteiger partial charge in [-0.05, 0) is 48.7 Å². The van der Waals surface area contributed by atoms with Crippen molar-refractivity contribution in [1.29, 1.82) is 0 Å². The molecule has 0 spiro atoms. The Balaban J connectivity index is 1.75. The van der Waals surface area contributed by atoms with Crippen molar-refractivity contribution in [3.05, 3.63) is 59.7 Å². The molecule has 1 aliphatic rings. The summed E-state index contributed by atoms with van der Waals surface area (Å²) < 4.78 is 0. The summed E-state index contributed by atoms with van der Waals surface area (Å²) in [4.78, 5) is 2.48. The van der Waals surface area contributed by atoms with Crippen LogP contribution in [0.4, 0.5) is 11.4 Å². The second-order valence-electron chi connectivity index (χ2n) is 5.44. The largest absolute Gasteiger partial charge is 0.399 e. The van der Waals surface area contributed by atoms with Crippen LogP contribution in [-0.4, -0.2) is 13.1 Å². The van der Waals surface area contributed by atoms with Crippen molar-refractivity contribution in [2.45, 2.75) is 19.3 Å². The predicted molar refractivity (Wildman–Crippen MR) is 81.6 cm³/mol. The number of aryl methyl sites for hydroxylation is 1. The molecule has 0 radical (unpaired) electrons. The van der Waals surface area contributed by atoms with Gasteiger partial charge in [-0.15, -0.1) is 0 Å². The maximum Gasteiger partial charge on any atom is 0.0369 e. The van der Waals surface area contributed by atoms with Crippen LogP contribution in [0.3, 0.4) is 0 Å². The summed E-state index contributed by atoms with van der Waals surface area (Å²) in [6, 6.07) is 17.1. The van der Waals surface area contributed by atoms with Crippen molar-refractivity contribution < 1.29 is 0 Å². The number of hydrogen-bond donors (Lipinski definition) is 1. The van der Waals surface area contributed by atoms with Gasteiger partial charge in [0.05, 0.1) is 0 Å². The Morgan fingerprint density at radius 2 is 1.89 bits per heavy atom. The summed E-state index contributed by atoms with van der Waals surface area (Å²) in [5.41, 5.74) is 10.7. The lowest BCUT2D eigenvalue weighted by Gasteiger charge is -2.19. The molecule has 0 aromatic heterocycles. The summed E-state index contributed by atoms with van der Waals surface area (Å²) in [6.07, 6.45) is 1.22. The maximum atomic E-state index is 5.75. The number of anilines is 2. The lowest BCUT2D eigenvalue weighted by molar-refractivity contribution is 0.775. The van der Waals surface area contributed by atoms with Crippen LogP contribution in [-0.2, 0) is 0 Å². The zero-order valence-electron chi connectivity index (χ0n) is 11.3. The second-order valence-corrected chi connectivity index (χ2v) is 5.44. The van der Waals surface area contributed by atoms with Crippen molar-refractivity contribution >= 4 is 11.4 Å². The molecule has 2 aromatic carbocycles. The van der Waals surface area contributed by atoms with Crippen molar-refractivity contribution in [3.8, 4) is 0 Å². The summed E-state index contributed by atoms with van der Waals surface area (Å²) in [5, 5.41) is 0. The van der Waals surface area contributed by atoms with E-state index in [9.17, 15) is 0 Å². The normalized spacial score (nSPS) is 18.8. The van der Waals surface area contributed by atoms with E-state index in [1.807, 2.05) is 12.1 Å². The molecule has 0 amide bonds. The highest BCUT2D eigenvalue weighted by Gasteiger charge is 2.23. The number of hydrogen-bond acceptors (Lipinski definition) is 2. The van der Waals surface area contributed by atoms with Gasteiger partial charge in [-0.1, -0.05) is 24.3 Å². The Hall–Kier alpha value is -1.96. The molecule has 98 valence electrons. The molecule has 1 atom stereocenters. The van der Waals surface area contributed by atoms with Crippen LogP contribution >= 0.6 is 0 Å². The average Bonchev–Trinajstić information content (AvgIpc) is 2.89. The molecule has 0 bridgehead atoms. The molecule has 2 aromatic rings.